The van der Waals surface area contributed by atoms with E-state index >= 15 is 0 Å². The highest BCUT2D eigenvalue weighted by Gasteiger charge is 2.30. The maximum atomic E-state index is 11.8. The molecule has 1 fully saturated rings. The van der Waals surface area contributed by atoms with E-state index in [1.165, 1.54) is 6.34 Å². The second kappa shape index (κ2) is 5.77. The second-order valence-corrected chi connectivity index (χ2v) is 5.04. The summed E-state index contributed by atoms with van der Waals surface area (Å²) in [5.74, 6) is -0.0252. The lowest BCUT2D eigenvalue weighted by Gasteiger charge is -2.06. The molecule has 1 saturated carbocycles. The molecule has 106 valence electrons. The van der Waals surface area contributed by atoms with Crippen molar-refractivity contribution in [3.05, 3.63) is 17.3 Å². The third-order valence-electron chi connectivity index (χ3n) is 2.79. The predicted molar refractivity (Wildman–Crippen MR) is 74.6 cm³/mol. The van der Waals surface area contributed by atoms with E-state index in [1.807, 2.05) is 0 Å². The third-order valence-corrected chi connectivity index (χ3v) is 2.79. The number of hydrogen-bond acceptors (Lipinski definition) is 4. The molecule has 0 unspecified atom stereocenters. The van der Waals surface area contributed by atoms with Gasteiger partial charge in [-0.15, -0.1) is 10.2 Å². The maximum absolute atomic E-state index is 11.8. The Kier molecular flexibility index (Phi) is 4.07. The highest BCUT2D eigenvalue weighted by molar-refractivity contribution is 5.98. The lowest BCUT2D eigenvalue weighted by atomic mass is 10.2. The Morgan fingerprint density at radius 1 is 1.40 bits per heavy atom. The first-order valence-corrected chi connectivity index (χ1v) is 6.37. The normalized spacial score (nSPS) is 14.3. The van der Waals surface area contributed by atoms with Crippen LogP contribution in [0.2, 0.25) is 0 Å². The van der Waals surface area contributed by atoms with E-state index in [0.717, 1.165) is 12.8 Å². The van der Waals surface area contributed by atoms with E-state index in [4.69, 9.17) is 0 Å². The number of nitrogens with one attached hydrogen (secondary N) is 1. The van der Waals surface area contributed by atoms with Gasteiger partial charge in [0.05, 0.1) is 6.34 Å². The second-order valence-electron chi connectivity index (χ2n) is 5.04. The van der Waals surface area contributed by atoms with Crippen molar-refractivity contribution in [1.82, 2.24) is 15.1 Å². The van der Waals surface area contributed by atoms with Crippen molar-refractivity contribution in [1.29, 1.82) is 0 Å². The predicted octanol–water partition coefficient (Wildman–Crippen LogP) is 0.864. The van der Waals surface area contributed by atoms with E-state index in [-0.39, 0.29) is 17.5 Å². The monoisotopic (exact) mass is 275 g/mol. The van der Waals surface area contributed by atoms with Gasteiger partial charge in [-0.1, -0.05) is 0 Å². The molecule has 1 aliphatic rings. The molecular formula is C13H17N5O2. The molecule has 0 spiro atoms. The van der Waals surface area contributed by atoms with Crippen molar-refractivity contribution < 1.29 is 9.59 Å². The quantitative estimate of drug-likeness (QED) is 0.650. The molecule has 7 nitrogen and oxygen atoms in total. The summed E-state index contributed by atoms with van der Waals surface area (Å²) in [6, 6.07) is 1.63. The van der Waals surface area contributed by atoms with Crippen LogP contribution in [0.1, 0.15) is 28.9 Å². The zero-order chi connectivity index (χ0) is 14.7. The number of anilines is 1. The largest absolute Gasteiger partial charge is 0.369 e. The summed E-state index contributed by atoms with van der Waals surface area (Å²) in [5, 5.41) is 10.4. The average Bonchev–Trinajstić information content (AvgIpc) is 3.20. The molecule has 7 heteroatoms. The highest BCUT2D eigenvalue weighted by Crippen LogP contribution is 2.29. The molecule has 0 aromatic carbocycles. The summed E-state index contributed by atoms with van der Waals surface area (Å²) in [6.07, 6.45) is 3.26. The molecule has 1 aliphatic carbocycles. The minimum absolute atomic E-state index is 0.0385. The summed E-state index contributed by atoms with van der Waals surface area (Å²) in [7, 11) is 3.54. The number of carbonyl (C=O) groups is 2. The van der Waals surface area contributed by atoms with Crippen molar-refractivity contribution >= 4 is 24.0 Å². The first-order chi connectivity index (χ1) is 9.47. The Balaban J connectivity index is 2.08. The molecule has 1 aromatic heterocycles. The number of aryl methyl sites for hydroxylation is 1. The molecule has 2 amide bonds. The number of hydrogen-bond donors (Lipinski definition) is 1. The lowest BCUT2D eigenvalue weighted by molar-refractivity contribution is -0.117. The average molecular weight is 275 g/mol. The third kappa shape index (κ3) is 3.59. The van der Waals surface area contributed by atoms with Crippen LogP contribution in [0.15, 0.2) is 11.1 Å². The van der Waals surface area contributed by atoms with Crippen molar-refractivity contribution in [3.63, 3.8) is 0 Å². The maximum Gasteiger partial charge on any atom is 0.299 e. The number of nitrogens with zero attached hydrogens (tertiary/aromatic N) is 4. The van der Waals surface area contributed by atoms with Crippen LogP contribution in [0.3, 0.4) is 0 Å². The van der Waals surface area contributed by atoms with Gasteiger partial charge in [-0.05, 0) is 31.4 Å². The van der Waals surface area contributed by atoms with E-state index in [9.17, 15) is 9.59 Å². The van der Waals surface area contributed by atoms with Crippen LogP contribution in [0.25, 0.3) is 0 Å². The van der Waals surface area contributed by atoms with Crippen molar-refractivity contribution in [3.8, 4) is 0 Å². The summed E-state index contributed by atoms with van der Waals surface area (Å²) >= 11 is 0. The van der Waals surface area contributed by atoms with E-state index in [0.29, 0.717) is 11.4 Å². The van der Waals surface area contributed by atoms with Gasteiger partial charge in [0.25, 0.3) is 5.91 Å². The SMILES string of the molecule is Cc1cc(NC(=O)C2CC2)nnc1C(=O)/N=C/N(C)C. The van der Waals surface area contributed by atoms with Gasteiger partial charge in [-0.3, -0.25) is 9.59 Å². The lowest BCUT2D eigenvalue weighted by Crippen LogP contribution is -2.16. The van der Waals surface area contributed by atoms with Gasteiger partial charge in [0.15, 0.2) is 11.5 Å². The molecule has 1 aromatic rings. The van der Waals surface area contributed by atoms with Crippen LogP contribution in [0.4, 0.5) is 5.82 Å². The molecule has 0 aliphatic heterocycles. The number of aromatic nitrogens is 2. The Labute approximate surface area is 117 Å². The Morgan fingerprint density at radius 3 is 2.65 bits per heavy atom. The van der Waals surface area contributed by atoms with Crippen LogP contribution >= 0.6 is 0 Å². The molecule has 1 N–H and O–H groups in total. The number of aliphatic imine (C=N–C) groups is 1. The van der Waals surface area contributed by atoms with Crippen molar-refractivity contribution in [2.24, 2.45) is 10.9 Å². The van der Waals surface area contributed by atoms with Gasteiger partial charge in [0, 0.05) is 20.0 Å². The van der Waals surface area contributed by atoms with Gasteiger partial charge < -0.3 is 10.2 Å². The summed E-state index contributed by atoms with van der Waals surface area (Å²) in [5.41, 5.74) is 0.819. The smallest absolute Gasteiger partial charge is 0.299 e. The van der Waals surface area contributed by atoms with Gasteiger partial charge >= 0.3 is 0 Å². The number of carbonyl (C=O) groups excluding carboxylic acids is 2. The van der Waals surface area contributed by atoms with E-state index in [2.05, 4.69) is 20.5 Å². The standard InChI is InChI=1S/C13H17N5O2/c1-8-6-10(15-12(19)9-4-5-9)16-17-11(8)13(20)14-7-18(2)3/h6-7,9H,4-5H2,1-3H3,(H,15,16,19)/b14-7+. The molecule has 0 saturated heterocycles. The molecule has 2 rings (SSSR count). The molecule has 20 heavy (non-hydrogen) atoms. The van der Waals surface area contributed by atoms with Crippen LogP contribution in [-0.2, 0) is 4.79 Å². The Hall–Kier alpha value is -2.31. The van der Waals surface area contributed by atoms with Crippen LogP contribution in [0.5, 0.6) is 0 Å². The highest BCUT2D eigenvalue weighted by atomic mass is 16.2. The van der Waals surface area contributed by atoms with Crippen LogP contribution in [0, 0.1) is 12.8 Å². The minimum Gasteiger partial charge on any atom is -0.369 e. The van der Waals surface area contributed by atoms with E-state index in [1.54, 1.807) is 32.0 Å². The fourth-order valence-corrected chi connectivity index (χ4v) is 1.56. The Bertz CT molecular complexity index is 564. The molecule has 0 bridgehead atoms. The fourth-order valence-electron chi connectivity index (χ4n) is 1.56. The zero-order valence-electron chi connectivity index (χ0n) is 11.8. The van der Waals surface area contributed by atoms with E-state index < -0.39 is 5.91 Å². The van der Waals surface area contributed by atoms with Crippen molar-refractivity contribution in [2.75, 3.05) is 19.4 Å². The summed E-state index contributed by atoms with van der Waals surface area (Å²) in [4.78, 5) is 28.8. The summed E-state index contributed by atoms with van der Waals surface area (Å²) in [6.45, 7) is 1.74. The van der Waals surface area contributed by atoms with Crippen LogP contribution in [-0.4, -0.2) is 47.3 Å². The molecule has 0 radical (unpaired) electrons. The summed E-state index contributed by atoms with van der Waals surface area (Å²) < 4.78 is 0. The van der Waals surface area contributed by atoms with Gasteiger partial charge in [0.2, 0.25) is 5.91 Å². The van der Waals surface area contributed by atoms with Gasteiger partial charge in [-0.2, -0.15) is 4.99 Å². The topological polar surface area (TPSA) is 87.5 Å². The van der Waals surface area contributed by atoms with Crippen LogP contribution < -0.4 is 5.32 Å². The minimum atomic E-state index is -0.455. The number of rotatable bonds is 4. The fraction of sp³-hybridized carbons (Fsp3) is 0.462. The van der Waals surface area contributed by atoms with Gasteiger partial charge in [0.1, 0.15) is 0 Å². The molecular weight excluding hydrogens is 258 g/mol. The Morgan fingerprint density at radius 2 is 2.10 bits per heavy atom. The van der Waals surface area contributed by atoms with Crippen molar-refractivity contribution in [2.45, 2.75) is 19.8 Å². The first-order valence-electron chi connectivity index (χ1n) is 6.37. The molecule has 0 atom stereocenters. The first kappa shape index (κ1) is 14.1. The van der Waals surface area contributed by atoms with Gasteiger partial charge in [-0.25, -0.2) is 0 Å². The number of amides is 2. The zero-order valence-corrected chi connectivity index (χ0v) is 11.8. The molecule has 1 heterocycles.